The van der Waals surface area contributed by atoms with E-state index in [2.05, 4.69) is 15.5 Å². The Morgan fingerprint density at radius 2 is 1.79 bits per heavy atom. The van der Waals surface area contributed by atoms with E-state index in [9.17, 15) is 9.59 Å². The van der Waals surface area contributed by atoms with Crippen LogP contribution in [0.4, 0.5) is 5.69 Å². The summed E-state index contributed by atoms with van der Waals surface area (Å²) < 4.78 is 2.30. The first-order chi connectivity index (χ1) is 13.9. The summed E-state index contributed by atoms with van der Waals surface area (Å²) in [5.41, 5.74) is 4.09. The molecule has 0 radical (unpaired) electrons. The highest BCUT2D eigenvalue weighted by molar-refractivity contribution is 6.30. The predicted molar refractivity (Wildman–Crippen MR) is 112 cm³/mol. The topological polar surface area (TPSA) is 81.3 Å². The summed E-state index contributed by atoms with van der Waals surface area (Å²) in [6.45, 7) is 3.71. The van der Waals surface area contributed by atoms with Gasteiger partial charge in [-0.05, 0) is 55.3 Å². The third kappa shape index (κ3) is 3.77. The van der Waals surface area contributed by atoms with Gasteiger partial charge in [0.2, 0.25) is 5.91 Å². The number of carbonyl (C=O) groups is 1. The van der Waals surface area contributed by atoms with Crippen molar-refractivity contribution in [3.05, 3.63) is 81.2 Å². The Kier molecular flexibility index (Phi) is 4.90. The maximum atomic E-state index is 12.7. The zero-order valence-corrected chi connectivity index (χ0v) is 16.6. The molecular weight excluding hydrogens is 390 g/mol. The van der Waals surface area contributed by atoms with Gasteiger partial charge in [-0.3, -0.25) is 4.79 Å². The van der Waals surface area contributed by atoms with Crippen LogP contribution in [0.15, 0.2) is 59.4 Å². The summed E-state index contributed by atoms with van der Waals surface area (Å²) in [6.07, 6.45) is 0. The molecule has 146 valence electrons. The molecule has 0 bridgehead atoms. The van der Waals surface area contributed by atoms with E-state index in [-0.39, 0.29) is 12.5 Å². The third-order valence-electron chi connectivity index (χ3n) is 4.75. The second kappa shape index (κ2) is 7.52. The summed E-state index contributed by atoms with van der Waals surface area (Å²) in [4.78, 5) is 25.1. The second-order valence-electron chi connectivity index (χ2n) is 6.73. The fourth-order valence-electron chi connectivity index (χ4n) is 3.00. The lowest BCUT2D eigenvalue weighted by molar-refractivity contribution is -0.117. The van der Waals surface area contributed by atoms with Crippen LogP contribution < -0.4 is 11.0 Å². The number of nitrogens with one attached hydrogen (secondary N) is 1. The van der Waals surface area contributed by atoms with Gasteiger partial charge in [0.25, 0.3) is 0 Å². The van der Waals surface area contributed by atoms with Crippen molar-refractivity contribution in [2.45, 2.75) is 20.4 Å². The molecule has 7 nitrogen and oxygen atoms in total. The number of aromatic nitrogens is 4. The van der Waals surface area contributed by atoms with Crippen molar-refractivity contribution in [2.24, 2.45) is 0 Å². The smallest absolute Gasteiger partial charge is 0.324 e. The van der Waals surface area contributed by atoms with Crippen LogP contribution in [0.25, 0.3) is 16.9 Å². The van der Waals surface area contributed by atoms with Crippen LogP contribution in [0.5, 0.6) is 0 Å². The lowest BCUT2D eigenvalue weighted by atomic mass is 10.1. The van der Waals surface area contributed by atoms with Gasteiger partial charge in [-0.2, -0.15) is 9.61 Å². The molecule has 4 aromatic rings. The van der Waals surface area contributed by atoms with Gasteiger partial charge in [0, 0.05) is 16.3 Å². The normalized spacial score (nSPS) is 11.0. The lowest BCUT2D eigenvalue weighted by Crippen LogP contribution is -2.29. The van der Waals surface area contributed by atoms with Crippen LogP contribution in [0.2, 0.25) is 5.02 Å². The highest BCUT2D eigenvalue weighted by Crippen LogP contribution is 2.20. The van der Waals surface area contributed by atoms with Crippen molar-refractivity contribution in [3.8, 4) is 11.3 Å². The van der Waals surface area contributed by atoms with Crippen LogP contribution in [0.3, 0.4) is 0 Å². The maximum Gasteiger partial charge on any atom is 0.367 e. The van der Waals surface area contributed by atoms with E-state index in [1.54, 1.807) is 24.3 Å². The number of benzene rings is 2. The minimum atomic E-state index is -0.480. The standard InChI is InChI=1S/C21H18ClN5O2/c1-13-4-3-5-17(14(13)2)23-20(28)12-26-21(29)27-19(25-26)11-10-18(24-27)15-6-8-16(22)9-7-15/h3-11H,12H2,1-2H3,(H,23,28). The third-order valence-corrected chi connectivity index (χ3v) is 5.00. The molecule has 29 heavy (non-hydrogen) atoms. The molecule has 0 aliphatic rings. The fraction of sp³-hybridized carbons (Fsp3) is 0.143. The summed E-state index contributed by atoms with van der Waals surface area (Å²) >= 11 is 5.92. The van der Waals surface area contributed by atoms with Crippen molar-refractivity contribution in [1.82, 2.24) is 19.4 Å². The minimum absolute atomic E-state index is 0.203. The molecule has 2 aromatic carbocycles. The molecular formula is C21H18ClN5O2. The number of carbonyl (C=O) groups excluding carboxylic acids is 1. The minimum Gasteiger partial charge on any atom is -0.324 e. The molecule has 0 unspecified atom stereocenters. The Bertz CT molecular complexity index is 1270. The van der Waals surface area contributed by atoms with Crippen LogP contribution >= 0.6 is 11.6 Å². The van der Waals surface area contributed by atoms with E-state index in [4.69, 9.17) is 11.6 Å². The largest absolute Gasteiger partial charge is 0.367 e. The van der Waals surface area contributed by atoms with E-state index >= 15 is 0 Å². The Balaban J connectivity index is 1.60. The quantitative estimate of drug-likeness (QED) is 0.561. The SMILES string of the molecule is Cc1cccc(NC(=O)Cn2nc3ccc(-c4ccc(Cl)cc4)nn3c2=O)c1C. The summed E-state index contributed by atoms with van der Waals surface area (Å²) in [7, 11) is 0. The molecule has 0 aliphatic carbocycles. The first-order valence-corrected chi connectivity index (χ1v) is 9.39. The predicted octanol–water partition coefficient (Wildman–Crippen LogP) is 3.47. The highest BCUT2D eigenvalue weighted by Gasteiger charge is 2.14. The first-order valence-electron chi connectivity index (χ1n) is 9.01. The van der Waals surface area contributed by atoms with E-state index in [0.717, 1.165) is 27.1 Å². The Morgan fingerprint density at radius 3 is 2.55 bits per heavy atom. The molecule has 2 heterocycles. The maximum absolute atomic E-state index is 12.7. The van der Waals surface area contributed by atoms with Gasteiger partial charge in [-0.25, -0.2) is 9.48 Å². The number of fused-ring (bicyclic) bond motifs is 1. The van der Waals surface area contributed by atoms with Crippen molar-refractivity contribution < 1.29 is 4.79 Å². The monoisotopic (exact) mass is 407 g/mol. The number of amides is 1. The molecule has 1 N–H and O–H groups in total. The number of halogens is 1. The average molecular weight is 408 g/mol. The first kappa shape index (κ1) is 18.9. The van der Waals surface area contributed by atoms with Gasteiger partial charge in [-0.1, -0.05) is 35.9 Å². The molecule has 8 heteroatoms. The Hall–Kier alpha value is -3.45. The zero-order chi connectivity index (χ0) is 20.5. The van der Waals surface area contributed by atoms with Crippen molar-refractivity contribution >= 4 is 28.8 Å². The number of hydrogen-bond acceptors (Lipinski definition) is 4. The number of hydrogen-bond donors (Lipinski definition) is 1. The van der Waals surface area contributed by atoms with Crippen LogP contribution in [-0.2, 0) is 11.3 Å². The van der Waals surface area contributed by atoms with E-state index in [1.807, 2.05) is 44.2 Å². The van der Waals surface area contributed by atoms with Crippen molar-refractivity contribution in [3.63, 3.8) is 0 Å². The van der Waals surface area contributed by atoms with Crippen LogP contribution in [0, 0.1) is 13.8 Å². The number of rotatable bonds is 4. The Labute approximate surface area is 171 Å². The molecule has 0 fully saturated rings. The number of anilines is 1. The molecule has 0 aliphatic heterocycles. The van der Waals surface area contributed by atoms with Gasteiger partial charge in [0.15, 0.2) is 5.65 Å². The fourth-order valence-corrected chi connectivity index (χ4v) is 3.12. The zero-order valence-electron chi connectivity index (χ0n) is 15.9. The number of nitrogens with zero attached hydrogens (tertiary/aromatic N) is 4. The summed E-state index contributed by atoms with van der Waals surface area (Å²) in [5.74, 6) is -0.331. The summed E-state index contributed by atoms with van der Waals surface area (Å²) in [5, 5.41) is 12.0. The molecule has 0 atom stereocenters. The van der Waals surface area contributed by atoms with E-state index < -0.39 is 5.69 Å². The van der Waals surface area contributed by atoms with Gasteiger partial charge in [0.1, 0.15) is 6.54 Å². The molecule has 2 aromatic heterocycles. The highest BCUT2D eigenvalue weighted by atomic mass is 35.5. The van der Waals surface area contributed by atoms with Gasteiger partial charge in [-0.15, -0.1) is 5.10 Å². The lowest BCUT2D eigenvalue weighted by Gasteiger charge is -2.09. The summed E-state index contributed by atoms with van der Waals surface area (Å²) in [6, 6.07) is 16.3. The van der Waals surface area contributed by atoms with E-state index in [1.165, 1.54) is 4.52 Å². The average Bonchev–Trinajstić information content (AvgIpc) is 3.01. The molecule has 1 amide bonds. The van der Waals surface area contributed by atoms with Crippen molar-refractivity contribution in [1.29, 1.82) is 0 Å². The molecule has 4 rings (SSSR count). The molecule has 0 spiro atoms. The Morgan fingerprint density at radius 1 is 1.03 bits per heavy atom. The number of aryl methyl sites for hydroxylation is 1. The van der Waals surface area contributed by atoms with Crippen LogP contribution in [0.1, 0.15) is 11.1 Å². The van der Waals surface area contributed by atoms with E-state index in [0.29, 0.717) is 16.4 Å². The molecule has 0 saturated heterocycles. The van der Waals surface area contributed by atoms with Crippen LogP contribution in [-0.4, -0.2) is 25.3 Å². The molecule has 0 saturated carbocycles. The van der Waals surface area contributed by atoms with Gasteiger partial charge in [0.05, 0.1) is 5.69 Å². The van der Waals surface area contributed by atoms with Crippen molar-refractivity contribution in [2.75, 3.05) is 5.32 Å². The van der Waals surface area contributed by atoms with Gasteiger partial charge < -0.3 is 5.32 Å². The second-order valence-corrected chi connectivity index (χ2v) is 7.17. The van der Waals surface area contributed by atoms with Gasteiger partial charge >= 0.3 is 5.69 Å².